The second kappa shape index (κ2) is 5.27. The predicted octanol–water partition coefficient (Wildman–Crippen LogP) is 0.141. The normalized spacial score (nSPS) is 22.3. The van der Waals surface area contributed by atoms with E-state index in [9.17, 15) is 19.8 Å². The number of para-hydroxylation sites is 1. The maximum Gasteiger partial charge on any atom is 0.328 e. The molecule has 0 saturated carbocycles. The first-order valence-electron chi connectivity index (χ1n) is 5.89. The summed E-state index contributed by atoms with van der Waals surface area (Å²) in [5.74, 6) is -1.22. The van der Waals surface area contributed by atoms with Crippen LogP contribution in [0.1, 0.15) is 16.8 Å². The van der Waals surface area contributed by atoms with Crippen LogP contribution >= 0.6 is 0 Å². The molecule has 0 spiro atoms. The predicted molar refractivity (Wildman–Crippen MR) is 65.6 cm³/mol. The highest BCUT2D eigenvalue weighted by atomic mass is 16.5. The Kier molecular flexibility index (Phi) is 3.71. The SMILES string of the molecule is COC(=O)C1CC(O)CN1C(=O)c1ccccc1O. The highest BCUT2D eigenvalue weighted by molar-refractivity contribution is 5.99. The van der Waals surface area contributed by atoms with Crippen molar-refractivity contribution < 1.29 is 24.5 Å². The number of benzene rings is 1. The van der Waals surface area contributed by atoms with Gasteiger partial charge < -0.3 is 19.8 Å². The van der Waals surface area contributed by atoms with Gasteiger partial charge in [0.05, 0.1) is 18.8 Å². The molecule has 1 aliphatic heterocycles. The van der Waals surface area contributed by atoms with Crippen LogP contribution in [0, 0.1) is 0 Å². The van der Waals surface area contributed by atoms with Crippen LogP contribution in [0.5, 0.6) is 5.75 Å². The van der Waals surface area contributed by atoms with Crippen molar-refractivity contribution in [3.05, 3.63) is 29.8 Å². The van der Waals surface area contributed by atoms with Crippen molar-refractivity contribution in [3.63, 3.8) is 0 Å². The molecule has 0 radical (unpaired) electrons. The van der Waals surface area contributed by atoms with Gasteiger partial charge in [0.25, 0.3) is 5.91 Å². The molecule has 19 heavy (non-hydrogen) atoms. The number of phenols is 1. The fourth-order valence-electron chi connectivity index (χ4n) is 2.21. The van der Waals surface area contributed by atoms with E-state index in [1.807, 2.05) is 0 Å². The van der Waals surface area contributed by atoms with Crippen LogP contribution in [0.25, 0.3) is 0 Å². The third kappa shape index (κ3) is 2.53. The van der Waals surface area contributed by atoms with E-state index in [1.165, 1.54) is 24.1 Å². The number of rotatable bonds is 2. The molecule has 1 heterocycles. The number of likely N-dealkylation sites (tertiary alicyclic amines) is 1. The summed E-state index contributed by atoms with van der Waals surface area (Å²) in [5, 5.41) is 19.3. The number of amides is 1. The third-order valence-electron chi connectivity index (χ3n) is 3.15. The number of β-amino-alcohol motifs (C(OH)–C–C–N with tert-alkyl or cyclic N) is 1. The summed E-state index contributed by atoms with van der Waals surface area (Å²) in [6.07, 6.45) is -0.620. The Morgan fingerprint density at radius 2 is 2.05 bits per heavy atom. The summed E-state index contributed by atoms with van der Waals surface area (Å²) in [4.78, 5) is 25.1. The summed E-state index contributed by atoms with van der Waals surface area (Å²) in [7, 11) is 1.23. The molecule has 1 aromatic rings. The number of methoxy groups -OCH3 is 1. The zero-order valence-corrected chi connectivity index (χ0v) is 10.4. The maximum absolute atomic E-state index is 12.3. The number of carbonyl (C=O) groups is 2. The Bertz CT molecular complexity index is 502. The molecule has 1 amide bonds. The summed E-state index contributed by atoms with van der Waals surface area (Å²) in [5.41, 5.74) is 0.102. The number of nitrogens with zero attached hydrogens (tertiary/aromatic N) is 1. The van der Waals surface area contributed by atoms with Crippen molar-refractivity contribution in [1.29, 1.82) is 0 Å². The lowest BCUT2D eigenvalue weighted by atomic mass is 10.1. The molecule has 0 aromatic heterocycles. The quantitative estimate of drug-likeness (QED) is 0.743. The van der Waals surface area contributed by atoms with Crippen molar-refractivity contribution in [1.82, 2.24) is 4.90 Å². The number of esters is 1. The Morgan fingerprint density at radius 1 is 1.37 bits per heavy atom. The average molecular weight is 265 g/mol. The van der Waals surface area contributed by atoms with E-state index < -0.39 is 24.0 Å². The van der Waals surface area contributed by atoms with Crippen LogP contribution in [0.15, 0.2) is 24.3 Å². The molecule has 1 aliphatic rings. The number of aromatic hydroxyl groups is 1. The van der Waals surface area contributed by atoms with E-state index in [2.05, 4.69) is 4.74 Å². The van der Waals surface area contributed by atoms with E-state index >= 15 is 0 Å². The van der Waals surface area contributed by atoms with E-state index in [1.54, 1.807) is 12.1 Å². The van der Waals surface area contributed by atoms with Gasteiger partial charge in [-0.05, 0) is 12.1 Å². The Morgan fingerprint density at radius 3 is 2.68 bits per heavy atom. The van der Waals surface area contributed by atoms with Crippen LogP contribution in [0.3, 0.4) is 0 Å². The van der Waals surface area contributed by atoms with Gasteiger partial charge in [0.15, 0.2) is 0 Å². The number of phenolic OH excluding ortho intramolecular Hbond substituents is 1. The molecule has 1 fully saturated rings. The van der Waals surface area contributed by atoms with E-state index in [0.29, 0.717) is 0 Å². The van der Waals surface area contributed by atoms with Gasteiger partial charge in [-0.25, -0.2) is 4.79 Å². The molecule has 1 aromatic carbocycles. The second-order valence-electron chi connectivity index (χ2n) is 4.40. The minimum absolute atomic E-state index is 0.0485. The molecule has 6 nitrogen and oxygen atoms in total. The van der Waals surface area contributed by atoms with Crippen LogP contribution in [0.2, 0.25) is 0 Å². The Hall–Kier alpha value is -2.08. The fourth-order valence-corrected chi connectivity index (χ4v) is 2.21. The van der Waals surface area contributed by atoms with E-state index in [-0.39, 0.29) is 24.3 Å². The highest BCUT2D eigenvalue weighted by Gasteiger charge is 2.40. The van der Waals surface area contributed by atoms with Gasteiger partial charge in [-0.15, -0.1) is 0 Å². The molecule has 1 saturated heterocycles. The maximum atomic E-state index is 12.3. The van der Waals surface area contributed by atoms with Gasteiger partial charge in [0, 0.05) is 13.0 Å². The largest absolute Gasteiger partial charge is 0.507 e. The van der Waals surface area contributed by atoms with Crippen LogP contribution in [0.4, 0.5) is 0 Å². The molecular weight excluding hydrogens is 250 g/mol. The first-order valence-corrected chi connectivity index (χ1v) is 5.89. The first-order chi connectivity index (χ1) is 9.04. The standard InChI is InChI=1S/C13H15NO5/c1-19-13(18)10-6-8(15)7-14(10)12(17)9-4-2-3-5-11(9)16/h2-5,8,10,15-16H,6-7H2,1H3. The number of ether oxygens (including phenoxy) is 1. The zero-order valence-electron chi connectivity index (χ0n) is 10.4. The lowest BCUT2D eigenvalue weighted by Crippen LogP contribution is -2.41. The summed E-state index contributed by atoms with van der Waals surface area (Å²) < 4.78 is 4.62. The third-order valence-corrected chi connectivity index (χ3v) is 3.15. The first kappa shape index (κ1) is 13.4. The van der Waals surface area contributed by atoms with Crippen LogP contribution in [-0.2, 0) is 9.53 Å². The summed E-state index contributed by atoms with van der Waals surface area (Å²) in [6, 6.07) is 5.27. The topological polar surface area (TPSA) is 87.1 Å². The monoisotopic (exact) mass is 265 g/mol. The average Bonchev–Trinajstić information content (AvgIpc) is 2.79. The fraction of sp³-hybridized carbons (Fsp3) is 0.385. The molecule has 6 heteroatoms. The van der Waals surface area contributed by atoms with Gasteiger partial charge in [-0.1, -0.05) is 12.1 Å². The van der Waals surface area contributed by atoms with Crippen LogP contribution in [-0.4, -0.2) is 52.8 Å². The molecule has 2 unspecified atom stereocenters. The Balaban J connectivity index is 2.27. The molecule has 2 N–H and O–H groups in total. The lowest BCUT2D eigenvalue weighted by Gasteiger charge is -2.22. The molecule has 2 rings (SSSR count). The van der Waals surface area contributed by atoms with Gasteiger partial charge in [-0.3, -0.25) is 4.79 Å². The van der Waals surface area contributed by atoms with E-state index in [4.69, 9.17) is 0 Å². The van der Waals surface area contributed by atoms with Gasteiger partial charge >= 0.3 is 5.97 Å². The number of hydrogen-bond acceptors (Lipinski definition) is 5. The van der Waals surface area contributed by atoms with Crippen molar-refractivity contribution in [2.75, 3.05) is 13.7 Å². The molecule has 0 aliphatic carbocycles. The zero-order chi connectivity index (χ0) is 14.0. The Labute approximate surface area is 110 Å². The molecule has 2 atom stereocenters. The number of aliphatic hydroxyl groups excluding tert-OH is 1. The number of aliphatic hydroxyl groups is 1. The van der Waals surface area contributed by atoms with Crippen LogP contribution < -0.4 is 0 Å². The lowest BCUT2D eigenvalue weighted by molar-refractivity contribution is -0.145. The van der Waals surface area contributed by atoms with Crippen molar-refractivity contribution in [2.45, 2.75) is 18.6 Å². The number of carbonyl (C=O) groups excluding carboxylic acids is 2. The van der Waals surface area contributed by atoms with Crippen molar-refractivity contribution in [3.8, 4) is 5.75 Å². The summed E-state index contributed by atoms with van der Waals surface area (Å²) >= 11 is 0. The molecule has 102 valence electrons. The van der Waals surface area contributed by atoms with Gasteiger partial charge in [0.1, 0.15) is 11.8 Å². The molecule has 0 bridgehead atoms. The summed E-state index contributed by atoms with van der Waals surface area (Å²) in [6.45, 7) is 0.0485. The number of hydrogen-bond donors (Lipinski definition) is 2. The highest BCUT2D eigenvalue weighted by Crippen LogP contribution is 2.25. The van der Waals surface area contributed by atoms with Gasteiger partial charge in [-0.2, -0.15) is 0 Å². The smallest absolute Gasteiger partial charge is 0.328 e. The van der Waals surface area contributed by atoms with Gasteiger partial charge in [0.2, 0.25) is 0 Å². The second-order valence-corrected chi connectivity index (χ2v) is 4.40. The minimum atomic E-state index is -0.813. The van der Waals surface area contributed by atoms with Crippen molar-refractivity contribution >= 4 is 11.9 Å². The van der Waals surface area contributed by atoms with Crippen molar-refractivity contribution in [2.24, 2.45) is 0 Å². The molecular formula is C13H15NO5. The minimum Gasteiger partial charge on any atom is -0.507 e. The van der Waals surface area contributed by atoms with E-state index in [0.717, 1.165) is 0 Å².